The van der Waals surface area contributed by atoms with Crippen LogP contribution >= 0.6 is 30.9 Å². The van der Waals surface area contributed by atoms with E-state index in [4.69, 9.17) is 36.0 Å². The summed E-state index contributed by atoms with van der Waals surface area (Å²) in [6, 6.07) is 0. The zero-order valence-corrected chi connectivity index (χ0v) is 9.70. The fraction of sp³-hybridized carbons (Fsp3) is 1.00. The number of halogens is 2. The lowest BCUT2D eigenvalue weighted by Crippen LogP contribution is -2.35. The number of hydrogen-bond acceptors (Lipinski definition) is 2. The molecule has 0 spiro atoms. The van der Waals surface area contributed by atoms with Gasteiger partial charge in [0.1, 0.15) is 0 Å². The van der Waals surface area contributed by atoms with Crippen molar-refractivity contribution in [2.75, 3.05) is 37.9 Å². The van der Waals surface area contributed by atoms with Gasteiger partial charge < -0.3 is 4.52 Å². The molecule has 0 bridgehead atoms. The molecule has 0 saturated carbocycles. The van der Waals surface area contributed by atoms with E-state index >= 15 is 0 Å². The molecule has 0 aliphatic carbocycles. The first-order valence-electron chi connectivity index (χ1n) is 6.93. The predicted molar refractivity (Wildman–Crippen MR) is 59.2 cm³/mol. The number of nitrogens with zero attached hydrogens (tertiary/aromatic N) is 1. The summed E-state index contributed by atoms with van der Waals surface area (Å²) in [5.41, 5.74) is 0. The van der Waals surface area contributed by atoms with E-state index in [0.717, 1.165) is 0 Å². The maximum absolute atomic E-state index is 12.7. The summed E-state index contributed by atoms with van der Waals surface area (Å²) in [7, 11) is -4.16. The number of alkyl halides is 2. The van der Waals surface area contributed by atoms with Gasteiger partial charge in [-0.2, -0.15) is 0 Å². The molecule has 1 aliphatic heterocycles. The number of nitrogens with one attached hydrogen (secondary N) is 1. The van der Waals surface area contributed by atoms with E-state index in [0.29, 0.717) is 4.67 Å². The lowest BCUT2D eigenvalue weighted by molar-refractivity contribution is 0.233. The van der Waals surface area contributed by atoms with E-state index < -0.39 is 26.5 Å². The molecule has 0 aromatic heterocycles. The first-order chi connectivity index (χ1) is 8.86. The summed E-state index contributed by atoms with van der Waals surface area (Å²) in [6.45, 7) is -5.43. The van der Waals surface area contributed by atoms with Crippen LogP contribution < -0.4 is 5.09 Å². The van der Waals surface area contributed by atoms with Crippen LogP contribution in [-0.2, 0) is 9.09 Å². The molecule has 1 aliphatic rings. The minimum Gasteiger partial charge on any atom is -0.306 e. The molecule has 1 atom stereocenters. The van der Waals surface area contributed by atoms with Gasteiger partial charge >= 0.3 is 7.67 Å². The average molecular weight is 267 g/mol. The normalized spacial score (nSPS) is 40.2. The Labute approximate surface area is 103 Å². The van der Waals surface area contributed by atoms with Gasteiger partial charge in [-0.15, -0.1) is 23.2 Å². The van der Waals surface area contributed by atoms with Gasteiger partial charge in [-0.3, -0.25) is 4.57 Å². The van der Waals surface area contributed by atoms with Crippen LogP contribution in [-0.4, -0.2) is 42.5 Å². The van der Waals surface area contributed by atoms with Gasteiger partial charge in [0.2, 0.25) is 0 Å². The Morgan fingerprint density at radius 3 is 3.07 bits per heavy atom. The van der Waals surface area contributed by atoms with E-state index in [2.05, 4.69) is 5.09 Å². The zero-order chi connectivity index (χ0) is 15.8. The van der Waals surface area contributed by atoms with Gasteiger partial charge in [-0.25, -0.2) is 9.76 Å². The Hall–Kier alpha value is 0.690. The number of hydrogen-bond donors (Lipinski definition) is 1. The summed E-state index contributed by atoms with van der Waals surface area (Å²) in [6.07, 6.45) is -0.0670. The first-order valence-corrected chi connectivity index (χ1v) is 6.42. The minimum absolute atomic E-state index is 0.0670. The molecule has 1 N–H and O–H groups in total. The minimum atomic E-state index is -4.16. The molecule has 1 heterocycles. The fourth-order valence-corrected chi connectivity index (χ4v) is 2.89. The molecule has 0 aromatic carbocycles. The highest BCUT2D eigenvalue weighted by atomic mass is 35.5. The molecule has 0 amide bonds. The molecule has 14 heavy (non-hydrogen) atoms. The molecule has 4 nitrogen and oxygen atoms in total. The zero-order valence-electron chi connectivity index (χ0n) is 13.3. The third-order valence-electron chi connectivity index (χ3n) is 1.50. The summed E-state index contributed by atoms with van der Waals surface area (Å²) < 4.78 is 63.4. The van der Waals surface area contributed by atoms with E-state index in [9.17, 15) is 4.57 Å². The Morgan fingerprint density at radius 1 is 1.71 bits per heavy atom. The molecular formula is C7H15Cl2N2O2P. The van der Waals surface area contributed by atoms with Gasteiger partial charge in [0.25, 0.3) is 0 Å². The van der Waals surface area contributed by atoms with Crippen LogP contribution in [0.4, 0.5) is 0 Å². The quantitative estimate of drug-likeness (QED) is 0.610. The van der Waals surface area contributed by atoms with Crippen LogP contribution in [0.15, 0.2) is 0 Å². The van der Waals surface area contributed by atoms with Crippen molar-refractivity contribution in [2.45, 2.75) is 6.42 Å². The second-order valence-electron chi connectivity index (χ2n) is 2.41. The number of rotatable bonds is 5. The summed E-state index contributed by atoms with van der Waals surface area (Å²) >= 11 is 10.9. The topological polar surface area (TPSA) is 41.6 Å². The van der Waals surface area contributed by atoms with Crippen molar-refractivity contribution in [1.29, 1.82) is 0 Å². The van der Waals surface area contributed by atoms with E-state index in [1.54, 1.807) is 0 Å². The average Bonchev–Trinajstić information content (AvgIpc) is 2.21. The van der Waals surface area contributed by atoms with Crippen LogP contribution in [0.3, 0.4) is 0 Å². The molecule has 1 rings (SSSR count). The highest BCUT2D eigenvalue weighted by Crippen LogP contribution is 2.47. The molecule has 7 heteroatoms. The van der Waals surface area contributed by atoms with Crippen molar-refractivity contribution in [2.24, 2.45) is 0 Å². The van der Waals surface area contributed by atoms with E-state index in [-0.39, 0.29) is 25.5 Å². The Balaban J connectivity index is 3.17. The lowest BCUT2D eigenvalue weighted by Gasteiger charge is -2.33. The smallest absolute Gasteiger partial charge is 0.306 e. The summed E-state index contributed by atoms with van der Waals surface area (Å²) in [5.74, 6) is -3.03. The maximum atomic E-state index is 12.7. The highest BCUT2D eigenvalue weighted by Gasteiger charge is 2.32. The summed E-state index contributed by atoms with van der Waals surface area (Å²) in [5, 5.41) is 2.10. The van der Waals surface area contributed by atoms with Gasteiger partial charge in [0.15, 0.2) is 0 Å². The van der Waals surface area contributed by atoms with Crippen molar-refractivity contribution < 1.29 is 17.3 Å². The third-order valence-corrected chi connectivity index (χ3v) is 3.66. The van der Waals surface area contributed by atoms with Crippen molar-refractivity contribution in [3.05, 3.63) is 0 Å². The lowest BCUT2D eigenvalue weighted by atomic mass is 10.5. The second-order valence-corrected chi connectivity index (χ2v) is 4.98. The fourth-order valence-electron chi connectivity index (χ4n) is 0.921. The van der Waals surface area contributed by atoms with Gasteiger partial charge in [0, 0.05) is 39.5 Å². The molecule has 1 unspecified atom stereocenters. The van der Waals surface area contributed by atoms with Crippen LogP contribution in [0, 0.1) is 0 Å². The first kappa shape index (κ1) is 6.43. The molecule has 1 fully saturated rings. The van der Waals surface area contributed by atoms with Crippen molar-refractivity contribution in [3.63, 3.8) is 0 Å². The molecule has 1 saturated heterocycles. The van der Waals surface area contributed by atoms with Gasteiger partial charge in [-0.1, -0.05) is 0 Å². The van der Waals surface area contributed by atoms with E-state index in [1.165, 1.54) is 0 Å². The predicted octanol–water partition coefficient (Wildman–Crippen LogP) is 1.88. The molecule has 0 radical (unpaired) electrons. The second kappa shape index (κ2) is 6.31. The van der Waals surface area contributed by atoms with Gasteiger partial charge in [-0.05, 0) is 6.42 Å². The maximum Gasteiger partial charge on any atom is 0.343 e. The SMILES string of the molecule is [2H]C1([2H])CCOP(=O)(N(CCCl)C([2H])([2H])C([2H])([2H])Cl)N1. The third kappa shape index (κ3) is 3.37. The van der Waals surface area contributed by atoms with Crippen LogP contribution in [0.1, 0.15) is 14.6 Å². The monoisotopic (exact) mass is 266 g/mol. The van der Waals surface area contributed by atoms with Crippen molar-refractivity contribution >= 4 is 30.9 Å². The Kier molecular flexibility index (Phi) is 2.90. The highest BCUT2D eigenvalue weighted by molar-refractivity contribution is 7.54. The molecular weight excluding hydrogens is 246 g/mol. The Morgan fingerprint density at radius 2 is 2.50 bits per heavy atom. The van der Waals surface area contributed by atoms with Crippen LogP contribution in [0.2, 0.25) is 0 Å². The van der Waals surface area contributed by atoms with E-state index in [1.807, 2.05) is 0 Å². The van der Waals surface area contributed by atoms with Crippen LogP contribution in [0.5, 0.6) is 0 Å². The molecule has 84 valence electrons. The van der Waals surface area contributed by atoms with Gasteiger partial charge in [0.05, 0.1) is 6.61 Å². The Bertz CT molecular complexity index is 407. The van der Waals surface area contributed by atoms with Crippen molar-refractivity contribution in [1.82, 2.24) is 9.76 Å². The van der Waals surface area contributed by atoms with Crippen LogP contribution in [0.25, 0.3) is 0 Å². The molecule has 0 aromatic rings. The summed E-state index contributed by atoms with van der Waals surface area (Å²) in [4.78, 5) is 0. The van der Waals surface area contributed by atoms with Crippen molar-refractivity contribution in [3.8, 4) is 0 Å². The standard InChI is InChI=1S/C7H15Cl2N2O2P/c8-2-5-11(6-3-9)14(12)10-4-1-7-13-14/h1-7H2,(H,10,12)/i2D2,4D2,5D2. The largest absolute Gasteiger partial charge is 0.343 e.